The highest BCUT2D eigenvalue weighted by atomic mass is 16.3. The zero-order valence-corrected chi connectivity index (χ0v) is 8.12. The quantitative estimate of drug-likeness (QED) is 0.692. The van der Waals surface area contributed by atoms with Gasteiger partial charge in [-0.2, -0.15) is 0 Å². The molecule has 0 aliphatic carbocycles. The van der Waals surface area contributed by atoms with E-state index < -0.39 is 0 Å². The number of hydrogen-bond donors (Lipinski definition) is 0. The van der Waals surface area contributed by atoms with E-state index in [4.69, 9.17) is 4.42 Å². The Balaban J connectivity index is 2.48. The van der Waals surface area contributed by atoms with Gasteiger partial charge in [0, 0.05) is 17.4 Å². The number of rotatable bonds is 3. The lowest BCUT2D eigenvalue weighted by atomic mass is 10.1. The lowest BCUT2D eigenvalue weighted by Gasteiger charge is -1.89. The van der Waals surface area contributed by atoms with Crippen LogP contribution in [0.15, 0.2) is 28.7 Å². The highest BCUT2D eigenvalue weighted by Crippen LogP contribution is 2.21. The van der Waals surface area contributed by atoms with Crippen LogP contribution in [-0.4, -0.2) is 6.29 Å². The van der Waals surface area contributed by atoms with Crippen molar-refractivity contribution in [2.24, 2.45) is 0 Å². The van der Waals surface area contributed by atoms with E-state index in [9.17, 15) is 4.79 Å². The minimum Gasteiger partial charge on any atom is -0.461 e. The Morgan fingerprint density at radius 2 is 2.21 bits per heavy atom. The van der Waals surface area contributed by atoms with Crippen molar-refractivity contribution in [3.63, 3.8) is 0 Å². The lowest BCUT2D eigenvalue weighted by molar-refractivity contribution is 0.112. The second-order valence-corrected chi connectivity index (χ2v) is 3.38. The van der Waals surface area contributed by atoms with E-state index in [0.717, 1.165) is 35.9 Å². The second-order valence-electron chi connectivity index (χ2n) is 3.38. The molecule has 0 atom stereocenters. The first-order valence-electron chi connectivity index (χ1n) is 4.81. The second kappa shape index (κ2) is 3.66. The molecular weight excluding hydrogens is 176 g/mol. The molecule has 0 saturated carbocycles. The van der Waals surface area contributed by atoms with Crippen LogP contribution in [0.2, 0.25) is 0 Å². The number of aldehydes is 1. The average Bonchev–Trinajstić information content (AvgIpc) is 2.59. The number of fused-ring (bicyclic) bond motifs is 1. The molecule has 0 amide bonds. The first-order chi connectivity index (χ1) is 6.83. The van der Waals surface area contributed by atoms with Crippen LogP contribution in [0.3, 0.4) is 0 Å². The zero-order chi connectivity index (χ0) is 9.97. The van der Waals surface area contributed by atoms with Crippen LogP contribution in [0, 0.1) is 0 Å². The number of benzene rings is 1. The Bertz CT molecular complexity index is 454. The third-order valence-electron chi connectivity index (χ3n) is 2.22. The molecule has 72 valence electrons. The van der Waals surface area contributed by atoms with Gasteiger partial charge in [-0.05, 0) is 30.7 Å². The fourth-order valence-corrected chi connectivity index (χ4v) is 1.56. The summed E-state index contributed by atoms with van der Waals surface area (Å²) in [5, 5.41) is 1.01. The van der Waals surface area contributed by atoms with Crippen LogP contribution in [0.5, 0.6) is 0 Å². The lowest BCUT2D eigenvalue weighted by Crippen LogP contribution is -1.75. The van der Waals surface area contributed by atoms with Crippen LogP contribution in [0.25, 0.3) is 11.0 Å². The summed E-state index contributed by atoms with van der Waals surface area (Å²) in [6.45, 7) is 2.12. The maximum atomic E-state index is 10.6. The Morgan fingerprint density at radius 1 is 1.36 bits per heavy atom. The molecule has 1 heterocycles. The maximum absolute atomic E-state index is 10.6. The highest BCUT2D eigenvalue weighted by Gasteiger charge is 2.03. The molecule has 0 radical (unpaired) electrons. The van der Waals surface area contributed by atoms with E-state index in [1.807, 2.05) is 18.2 Å². The van der Waals surface area contributed by atoms with Gasteiger partial charge in [-0.15, -0.1) is 0 Å². The molecule has 0 N–H and O–H groups in total. The third kappa shape index (κ3) is 1.55. The van der Waals surface area contributed by atoms with Crippen molar-refractivity contribution in [2.45, 2.75) is 19.8 Å². The van der Waals surface area contributed by atoms with E-state index in [1.54, 1.807) is 6.07 Å². The summed E-state index contributed by atoms with van der Waals surface area (Å²) in [4.78, 5) is 10.6. The number of hydrogen-bond acceptors (Lipinski definition) is 2. The molecule has 1 aromatic heterocycles. The molecule has 0 bridgehead atoms. The van der Waals surface area contributed by atoms with Crippen LogP contribution in [0.1, 0.15) is 29.5 Å². The fourth-order valence-electron chi connectivity index (χ4n) is 1.56. The van der Waals surface area contributed by atoms with Gasteiger partial charge in [0.2, 0.25) is 0 Å². The van der Waals surface area contributed by atoms with Gasteiger partial charge < -0.3 is 4.42 Å². The fraction of sp³-hybridized carbons (Fsp3) is 0.250. The summed E-state index contributed by atoms with van der Waals surface area (Å²) < 4.78 is 5.59. The summed E-state index contributed by atoms with van der Waals surface area (Å²) in [6.07, 6.45) is 2.87. The number of carbonyl (C=O) groups excluding carboxylic acids is 1. The minimum absolute atomic E-state index is 0.696. The van der Waals surface area contributed by atoms with Gasteiger partial charge in [-0.25, -0.2) is 0 Å². The molecule has 0 fully saturated rings. The van der Waals surface area contributed by atoms with Crippen molar-refractivity contribution < 1.29 is 9.21 Å². The first-order valence-corrected chi connectivity index (χ1v) is 4.81. The maximum Gasteiger partial charge on any atom is 0.150 e. The Kier molecular flexibility index (Phi) is 2.35. The average molecular weight is 188 g/mol. The van der Waals surface area contributed by atoms with Gasteiger partial charge >= 0.3 is 0 Å². The van der Waals surface area contributed by atoms with Crippen molar-refractivity contribution in [1.29, 1.82) is 0 Å². The molecule has 2 aromatic rings. The molecule has 1 aromatic carbocycles. The summed E-state index contributed by atoms with van der Waals surface area (Å²) in [7, 11) is 0. The predicted octanol–water partition coefficient (Wildman–Crippen LogP) is 3.20. The molecule has 0 aliphatic rings. The standard InChI is InChI=1S/C12H12O2/c1-2-3-11-7-10-6-9(8-13)4-5-12(10)14-11/h4-8H,2-3H2,1H3. The number of carbonyl (C=O) groups is 1. The van der Waals surface area contributed by atoms with Gasteiger partial charge in [0.05, 0.1) is 0 Å². The van der Waals surface area contributed by atoms with Gasteiger partial charge in [-0.1, -0.05) is 6.92 Å². The Labute approximate surface area is 82.5 Å². The molecule has 2 heteroatoms. The Morgan fingerprint density at radius 3 is 2.93 bits per heavy atom. The molecule has 0 aliphatic heterocycles. The smallest absolute Gasteiger partial charge is 0.150 e. The van der Waals surface area contributed by atoms with Gasteiger partial charge in [0.15, 0.2) is 0 Å². The van der Waals surface area contributed by atoms with Crippen LogP contribution in [0.4, 0.5) is 0 Å². The van der Waals surface area contributed by atoms with E-state index in [0.29, 0.717) is 5.56 Å². The first kappa shape index (κ1) is 9.00. The molecular formula is C12H12O2. The van der Waals surface area contributed by atoms with E-state index >= 15 is 0 Å². The van der Waals surface area contributed by atoms with Crippen LogP contribution in [-0.2, 0) is 6.42 Å². The largest absolute Gasteiger partial charge is 0.461 e. The van der Waals surface area contributed by atoms with Crippen LogP contribution < -0.4 is 0 Å². The molecule has 0 unspecified atom stereocenters. The Hall–Kier alpha value is -1.57. The number of aryl methyl sites for hydroxylation is 1. The molecule has 14 heavy (non-hydrogen) atoms. The van der Waals surface area contributed by atoms with Crippen molar-refractivity contribution in [3.8, 4) is 0 Å². The number of furan rings is 1. The predicted molar refractivity (Wildman–Crippen MR) is 55.6 cm³/mol. The van der Waals surface area contributed by atoms with Crippen molar-refractivity contribution in [1.82, 2.24) is 0 Å². The minimum atomic E-state index is 0.696. The zero-order valence-electron chi connectivity index (χ0n) is 8.12. The van der Waals surface area contributed by atoms with Crippen molar-refractivity contribution >= 4 is 17.3 Å². The summed E-state index contributed by atoms with van der Waals surface area (Å²) in [5.41, 5.74) is 1.56. The molecule has 0 spiro atoms. The molecule has 2 rings (SSSR count). The van der Waals surface area contributed by atoms with E-state index in [2.05, 4.69) is 6.92 Å². The molecule has 0 saturated heterocycles. The highest BCUT2D eigenvalue weighted by molar-refractivity contribution is 5.86. The van der Waals surface area contributed by atoms with Gasteiger partial charge in [0.25, 0.3) is 0 Å². The monoisotopic (exact) mass is 188 g/mol. The summed E-state index contributed by atoms with van der Waals surface area (Å²) in [5.74, 6) is 0.991. The van der Waals surface area contributed by atoms with E-state index in [-0.39, 0.29) is 0 Å². The van der Waals surface area contributed by atoms with Crippen molar-refractivity contribution in [2.75, 3.05) is 0 Å². The van der Waals surface area contributed by atoms with Gasteiger partial charge in [0.1, 0.15) is 17.6 Å². The van der Waals surface area contributed by atoms with Crippen LogP contribution >= 0.6 is 0 Å². The van der Waals surface area contributed by atoms with Gasteiger partial charge in [-0.3, -0.25) is 4.79 Å². The molecule has 2 nitrogen and oxygen atoms in total. The topological polar surface area (TPSA) is 30.2 Å². The summed E-state index contributed by atoms with van der Waals surface area (Å²) in [6, 6.07) is 7.48. The normalized spacial score (nSPS) is 10.6. The summed E-state index contributed by atoms with van der Waals surface area (Å²) >= 11 is 0. The van der Waals surface area contributed by atoms with Crippen molar-refractivity contribution in [3.05, 3.63) is 35.6 Å². The van der Waals surface area contributed by atoms with E-state index in [1.165, 1.54) is 0 Å². The SMILES string of the molecule is CCCc1cc2cc(C=O)ccc2o1. The third-order valence-corrected chi connectivity index (χ3v) is 2.22.